The maximum atomic E-state index is 10.6. The van der Waals surface area contributed by atoms with Crippen molar-refractivity contribution in [3.63, 3.8) is 0 Å². The van der Waals surface area contributed by atoms with Gasteiger partial charge in [-0.05, 0) is 13.0 Å². The van der Waals surface area contributed by atoms with Crippen LogP contribution in [-0.4, -0.2) is 29.1 Å². The lowest BCUT2D eigenvalue weighted by atomic mass is 10.1. The molecule has 1 aromatic heterocycles. The Bertz CT molecular complexity index is 323. The number of rotatable bonds is 2. The number of hydrogen-bond donors (Lipinski definition) is 2. The molecule has 1 saturated heterocycles. The monoisotopic (exact) mass is 234 g/mol. The Labute approximate surface area is 91.8 Å². The SMILES string of the molecule is Cl.O=C(O)c1csc(C2CCNC2)n1. The van der Waals surface area contributed by atoms with E-state index in [-0.39, 0.29) is 18.1 Å². The molecule has 6 heteroatoms. The molecule has 1 aliphatic rings. The first-order valence-corrected chi connectivity index (χ1v) is 5.05. The van der Waals surface area contributed by atoms with Gasteiger partial charge in [0.15, 0.2) is 5.69 Å². The molecule has 1 atom stereocenters. The van der Waals surface area contributed by atoms with Crippen LogP contribution in [-0.2, 0) is 0 Å². The molecule has 0 spiro atoms. The average Bonchev–Trinajstić information content (AvgIpc) is 2.75. The zero-order valence-corrected chi connectivity index (χ0v) is 9.03. The Balaban J connectivity index is 0.000000980. The van der Waals surface area contributed by atoms with E-state index in [0.29, 0.717) is 5.92 Å². The summed E-state index contributed by atoms with van der Waals surface area (Å²) in [4.78, 5) is 14.6. The number of halogens is 1. The first-order chi connectivity index (χ1) is 6.27. The molecular formula is C8H11ClN2O2S. The number of nitrogens with zero attached hydrogens (tertiary/aromatic N) is 1. The smallest absolute Gasteiger partial charge is 0.355 e. The number of nitrogens with one attached hydrogen (secondary N) is 1. The van der Waals surface area contributed by atoms with Crippen molar-refractivity contribution in [2.45, 2.75) is 12.3 Å². The van der Waals surface area contributed by atoms with E-state index in [4.69, 9.17) is 5.11 Å². The van der Waals surface area contributed by atoms with Gasteiger partial charge in [-0.15, -0.1) is 23.7 Å². The molecule has 1 unspecified atom stereocenters. The van der Waals surface area contributed by atoms with Gasteiger partial charge in [0.25, 0.3) is 0 Å². The first kappa shape index (κ1) is 11.4. The molecule has 1 fully saturated rings. The Hall–Kier alpha value is -0.650. The van der Waals surface area contributed by atoms with Gasteiger partial charge in [-0.3, -0.25) is 0 Å². The van der Waals surface area contributed by atoms with Crippen molar-refractivity contribution in [3.8, 4) is 0 Å². The van der Waals surface area contributed by atoms with Crippen LogP contribution in [0.15, 0.2) is 5.38 Å². The first-order valence-electron chi connectivity index (χ1n) is 4.17. The van der Waals surface area contributed by atoms with E-state index in [9.17, 15) is 4.79 Å². The Morgan fingerprint density at radius 3 is 3.00 bits per heavy atom. The maximum Gasteiger partial charge on any atom is 0.355 e. The van der Waals surface area contributed by atoms with Crippen LogP contribution in [0.25, 0.3) is 0 Å². The lowest BCUT2D eigenvalue weighted by Gasteiger charge is -2.00. The van der Waals surface area contributed by atoms with Crippen LogP contribution in [0.5, 0.6) is 0 Å². The quantitative estimate of drug-likeness (QED) is 0.811. The number of aromatic nitrogens is 1. The summed E-state index contributed by atoms with van der Waals surface area (Å²) in [5.41, 5.74) is 0.173. The Morgan fingerprint density at radius 2 is 2.50 bits per heavy atom. The van der Waals surface area contributed by atoms with Gasteiger partial charge in [0, 0.05) is 17.8 Å². The number of carboxylic acids is 1. The van der Waals surface area contributed by atoms with Gasteiger partial charge in [0.2, 0.25) is 0 Å². The second-order valence-corrected chi connectivity index (χ2v) is 3.96. The average molecular weight is 235 g/mol. The van der Waals surface area contributed by atoms with Crippen molar-refractivity contribution >= 4 is 29.7 Å². The van der Waals surface area contributed by atoms with Gasteiger partial charge < -0.3 is 10.4 Å². The summed E-state index contributed by atoms with van der Waals surface area (Å²) in [5, 5.41) is 14.5. The largest absolute Gasteiger partial charge is 0.476 e. The molecule has 78 valence electrons. The molecule has 2 N–H and O–H groups in total. The van der Waals surface area contributed by atoms with E-state index in [0.717, 1.165) is 24.5 Å². The summed E-state index contributed by atoms with van der Waals surface area (Å²) in [5.74, 6) is -0.522. The highest BCUT2D eigenvalue weighted by atomic mass is 35.5. The third-order valence-corrected chi connectivity index (χ3v) is 3.16. The molecule has 2 heterocycles. The summed E-state index contributed by atoms with van der Waals surface area (Å²) < 4.78 is 0. The van der Waals surface area contributed by atoms with Crippen LogP contribution in [0, 0.1) is 0 Å². The van der Waals surface area contributed by atoms with Crippen molar-refractivity contribution < 1.29 is 9.90 Å². The van der Waals surface area contributed by atoms with Gasteiger partial charge in [0.05, 0.1) is 5.01 Å². The van der Waals surface area contributed by atoms with E-state index in [1.54, 1.807) is 5.38 Å². The maximum absolute atomic E-state index is 10.6. The topological polar surface area (TPSA) is 62.2 Å². The van der Waals surface area contributed by atoms with Crippen molar-refractivity contribution in [2.24, 2.45) is 0 Å². The molecule has 0 saturated carbocycles. The van der Waals surface area contributed by atoms with Gasteiger partial charge in [-0.1, -0.05) is 0 Å². The van der Waals surface area contributed by atoms with E-state index in [2.05, 4.69) is 10.3 Å². The normalized spacial score (nSPS) is 20.4. The molecule has 0 aromatic carbocycles. The number of carbonyl (C=O) groups is 1. The number of aromatic carboxylic acids is 1. The third-order valence-electron chi connectivity index (χ3n) is 2.15. The zero-order chi connectivity index (χ0) is 9.26. The predicted molar refractivity (Wildman–Crippen MR) is 56.5 cm³/mol. The van der Waals surface area contributed by atoms with Gasteiger partial charge in [0.1, 0.15) is 0 Å². The minimum atomic E-state index is -0.937. The highest BCUT2D eigenvalue weighted by Gasteiger charge is 2.20. The second kappa shape index (κ2) is 4.72. The molecule has 14 heavy (non-hydrogen) atoms. The standard InChI is InChI=1S/C8H10N2O2S.ClH/c11-8(12)6-4-13-7(10-6)5-1-2-9-3-5;/h4-5,9H,1-3H2,(H,11,12);1H. The van der Waals surface area contributed by atoms with Crippen LogP contribution >= 0.6 is 23.7 Å². The minimum Gasteiger partial charge on any atom is -0.476 e. The van der Waals surface area contributed by atoms with Crippen molar-refractivity contribution in [1.29, 1.82) is 0 Å². The van der Waals surface area contributed by atoms with Gasteiger partial charge in [-0.25, -0.2) is 9.78 Å². The minimum absolute atomic E-state index is 0. The molecule has 0 radical (unpaired) electrons. The van der Waals surface area contributed by atoms with Crippen molar-refractivity contribution in [3.05, 3.63) is 16.1 Å². The summed E-state index contributed by atoms with van der Waals surface area (Å²) in [6.07, 6.45) is 1.06. The highest BCUT2D eigenvalue weighted by molar-refractivity contribution is 7.09. The molecule has 4 nitrogen and oxygen atoms in total. The summed E-state index contributed by atoms with van der Waals surface area (Å²) in [6, 6.07) is 0. The molecule has 1 aromatic rings. The summed E-state index contributed by atoms with van der Waals surface area (Å²) in [7, 11) is 0. The fraction of sp³-hybridized carbons (Fsp3) is 0.500. The number of hydrogen-bond acceptors (Lipinski definition) is 4. The lowest BCUT2D eigenvalue weighted by Crippen LogP contribution is -2.08. The van der Waals surface area contributed by atoms with Gasteiger partial charge >= 0.3 is 5.97 Å². The van der Waals surface area contributed by atoms with Crippen molar-refractivity contribution in [1.82, 2.24) is 10.3 Å². The second-order valence-electron chi connectivity index (χ2n) is 3.07. The molecule has 2 rings (SSSR count). The van der Waals surface area contributed by atoms with Crippen LogP contribution < -0.4 is 5.32 Å². The lowest BCUT2D eigenvalue weighted by molar-refractivity contribution is 0.0691. The van der Waals surface area contributed by atoms with Crippen LogP contribution in [0.3, 0.4) is 0 Å². The van der Waals surface area contributed by atoms with E-state index in [1.807, 2.05) is 0 Å². The van der Waals surface area contributed by atoms with E-state index in [1.165, 1.54) is 11.3 Å². The van der Waals surface area contributed by atoms with E-state index >= 15 is 0 Å². The van der Waals surface area contributed by atoms with Crippen molar-refractivity contribution in [2.75, 3.05) is 13.1 Å². The van der Waals surface area contributed by atoms with Crippen LogP contribution in [0.2, 0.25) is 0 Å². The predicted octanol–water partition coefficient (Wildman–Crippen LogP) is 1.34. The van der Waals surface area contributed by atoms with Crippen LogP contribution in [0.1, 0.15) is 27.8 Å². The molecular weight excluding hydrogens is 224 g/mol. The Kier molecular flexibility index (Phi) is 3.86. The molecule has 0 amide bonds. The summed E-state index contributed by atoms with van der Waals surface area (Å²) in [6.45, 7) is 1.93. The molecule has 1 aliphatic heterocycles. The third kappa shape index (κ3) is 2.23. The number of thiazole rings is 1. The number of carboxylic acid groups (broad SMARTS) is 1. The highest BCUT2D eigenvalue weighted by Crippen LogP contribution is 2.25. The zero-order valence-electron chi connectivity index (χ0n) is 7.40. The Morgan fingerprint density at radius 1 is 1.71 bits per heavy atom. The molecule has 0 bridgehead atoms. The fourth-order valence-corrected chi connectivity index (χ4v) is 2.37. The van der Waals surface area contributed by atoms with Crippen LogP contribution in [0.4, 0.5) is 0 Å². The fourth-order valence-electron chi connectivity index (χ4n) is 1.44. The van der Waals surface area contributed by atoms with E-state index < -0.39 is 5.97 Å². The van der Waals surface area contributed by atoms with Gasteiger partial charge in [-0.2, -0.15) is 0 Å². The summed E-state index contributed by atoms with van der Waals surface area (Å²) >= 11 is 1.44. The molecule has 0 aliphatic carbocycles.